The second kappa shape index (κ2) is 6.52. The number of hydrogen-bond acceptors (Lipinski definition) is 4. The van der Waals surface area contributed by atoms with Crippen LogP contribution in [0.15, 0.2) is 6.20 Å². The van der Waals surface area contributed by atoms with Crippen LogP contribution in [0.25, 0.3) is 0 Å². The molecule has 1 N–H and O–H groups in total. The van der Waals surface area contributed by atoms with Crippen molar-refractivity contribution in [2.24, 2.45) is 0 Å². The van der Waals surface area contributed by atoms with Crippen LogP contribution >= 0.6 is 0 Å². The van der Waals surface area contributed by atoms with Crippen molar-refractivity contribution in [3.05, 3.63) is 17.5 Å². The summed E-state index contributed by atoms with van der Waals surface area (Å²) in [6.07, 6.45) is 1.81. The Bertz CT molecular complexity index is 504. The number of aryl methyl sites for hydroxylation is 1. The van der Waals surface area contributed by atoms with E-state index in [1.54, 1.807) is 18.5 Å². The summed E-state index contributed by atoms with van der Waals surface area (Å²) in [5.41, 5.74) is 2.16. The zero-order chi connectivity index (χ0) is 14.6. The first-order valence-corrected chi connectivity index (χ1v) is 8.42. The lowest BCUT2D eigenvalue weighted by Crippen LogP contribution is -2.23. The molecule has 5 nitrogen and oxygen atoms in total. The Morgan fingerprint density at radius 1 is 1.32 bits per heavy atom. The largest absolute Gasteiger partial charge is 0.310 e. The fourth-order valence-electron chi connectivity index (χ4n) is 1.65. The molecule has 0 aliphatic heterocycles. The van der Waals surface area contributed by atoms with Gasteiger partial charge in [0.15, 0.2) is 9.84 Å². The van der Waals surface area contributed by atoms with Gasteiger partial charge in [0.05, 0.1) is 23.7 Å². The van der Waals surface area contributed by atoms with E-state index in [2.05, 4.69) is 24.3 Å². The summed E-state index contributed by atoms with van der Waals surface area (Å²) >= 11 is 0. The van der Waals surface area contributed by atoms with Crippen molar-refractivity contribution >= 4 is 9.84 Å². The van der Waals surface area contributed by atoms with Crippen LogP contribution in [0.5, 0.6) is 0 Å². The number of nitrogens with zero attached hydrogens (tertiary/aromatic N) is 2. The van der Waals surface area contributed by atoms with Crippen molar-refractivity contribution in [1.29, 1.82) is 0 Å². The van der Waals surface area contributed by atoms with E-state index in [0.717, 1.165) is 17.8 Å². The molecule has 19 heavy (non-hydrogen) atoms. The molecule has 1 rings (SSSR count). The summed E-state index contributed by atoms with van der Waals surface area (Å²) in [6.45, 7) is 10.8. The lowest BCUT2D eigenvalue weighted by atomic mass is 10.2. The van der Waals surface area contributed by atoms with E-state index in [9.17, 15) is 8.42 Å². The van der Waals surface area contributed by atoms with Crippen LogP contribution in [-0.4, -0.2) is 35.2 Å². The van der Waals surface area contributed by atoms with Gasteiger partial charge in [0.2, 0.25) is 0 Å². The third-order valence-electron chi connectivity index (χ3n) is 3.21. The Kier molecular flexibility index (Phi) is 5.55. The van der Waals surface area contributed by atoms with Crippen LogP contribution in [0.2, 0.25) is 0 Å². The van der Waals surface area contributed by atoms with Gasteiger partial charge in [0, 0.05) is 23.8 Å². The molecular formula is C13H25N3O2S. The van der Waals surface area contributed by atoms with E-state index in [1.807, 2.05) is 13.1 Å². The van der Waals surface area contributed by atoms with Gasteiger partial charge in [0.25, 0.3) is 0 Å². The van der Waals surface area contributed by atoms with Gasteiger partial charge in [-0.15, -0.1) is 0 Å². The third kappa shape index (κ3) is 4.62. The highest BCUT2D eigenvalue weighted by molar-refractivity contribution is 7.91. The van der Waals surface area contributed by atoms with E-state index in [1.165, 1.54) is 0 Å². The molecule has 6 heteroatoms. The Hall–Kier alpha value is -0.880. The predicted molar refractivity (Wildman–Crippen MR) is 77.9 cm³/mol. The Morgan fingerprint density at radius 3 is 2.47 bits per heavy atom. The number of sulfone groups is 1. The fourth-order valence-corrected chi connectivity index (χ4v) is 2.55. The number of rotatable bonds is 7. The van der Waals surface area contributed by atoms with E-state index in [4.69, 9.17) is 0 Å². The van der Waals surface area contributed by atoms with Crippen LogP contribution in [0.4, 0.5) is 0 Å². The first kappa shape index (κ1) is 16.2. The molecule has 0 saturated carbocycles. The molecule has 0 atom stereocenters. The number of aromatic nitrogens is 2. The molecule has 1 aromatic rings. The molecule has 0 aliphatic carbocycles. The number of nitrogens with one attached hydrogen (secondary N) is 1. The number of hydrogen-bond donors (Lipinski definition) is 1. The minimum absolute atomic E-state index is 0.143. The molecule has 0 spiro atoms. The van der Waals surface area contributed by atoms with Crippen molar-refractivity contribution in [1.82, 2.24) is 15.1 Å². The predicted octanol–water partition coefficient (Wildman–Crippen LogP) is 1.51. The van der Waals surface area contributed by atoms with Crippen LogP contribution in [-0.2, 0) is 22.9 Å². The van der Waals surface area contributed by atoms with Gasteiger partial charge in [-0.1, -0.05) is 13.8 Å². The summed E-state index contributed by atoms with van der Waals surface area (Å²) in [7, 11) is -3.01. The first-order valence-electron chi connectivity index (χ1n) is 6.70. The van der Waals surface area contributed by atoms with Gasteiger partial charge in [-0.05, 0) is 20.8 Å². The van der Waals surface area contributed by atoms with Crippen molar-refractivity contribution in [3.8, 4) is 0 Å². The van der Waals surface area contributed by atoms with Crippen LogP contribution in [0, 0.1) is 6.92 Å². The van der Waals surface area contributed by atoms with E-state index < -0.39 is 9.84 Å². The first-order chi connectivity index (χ1) is 8.74. The summed E-state index contributed by atoms with van der Waals surface area (Å²) in [4.78, 5) is 0. The second-order valence-corrected chi connectivity index (χ2v) is 8.11. The molecule has 0 aliphatic rings. The van der Waals surface area contributed by atoms with Gasteiger partial charge in [-0.2, -0.15) is 5.10 Å². The fraction of sp³-hybridized carbons (Fsp3) is 0.769. The molecule has 0 aromatic carbocycles. The molecule has 0 fully saturated rings. The van der Waals surface area contributed by atoms with Crippen LogP contribution in [0.3, 0.4) is 0 Å². The van der Waals surface area contributed by atoms with E-state index >= 15 is 0 Å². The van der Waals surface area contributed by atoms with Gasteiger partial charge in [0.1, 0.15) is 0 Å². The minimum atomic E-state index is -3.01. The molecule has 0 bridgehead atoms. The summed E-state index contributed by atoms with van der Waals surface area (Å²) in [5, 5.41) is 7.27. The smallest absolute Gasteiger partial charge is 0.154 e. The van der Waals surface area contributed by atoms with Crippen molar-refractivity contribution in [2.75, 3.05) is 5.75 Å². The lowest BCUT2D eigenvalue weighted by molar-refractivity contribution is 0.567. The molecule has 0 radical (unpaired) electrons. The van der Waals surface area contributed by atoms with Gasteiger partial charge in [-0.3, -0.25) is 4.68 Å². The van der Waals surface area contributed by atoms with E-state index in [0.29, 0.717) is 12.6 Å². The minimum Gasteiger partial charge on any atom is -0.310 e. The highest BCUT2D eigenvalue weighted by Gasteiger charge is 2.17. The average molecular weight is 287 g/mol. The highest BCUT2D eigenvalue weighted by Crippen LogP contribution is 2.09. The van der Waals surface area contributed by atoms with E-state index in [-0.39, 0.29) is 11.0 Å². The summed E-state index contributed by atoms with van der Waals surface area (Å²) in [5.74, 6) is 0.143. The molecular weight excluding hydrogens is 262 g/mol. The third-order valence-corrected chi connectivity index (χ3v) is 5.40. The van der Waals surface area contributed by atoms with Crippen molar-refractivity contribution < 1.29 is 8.42 Å². The molecule has 0 unspecified atom stereocenters. The normalized spacial score (nSPS) is 12.6. The topological polar surface area (TPSA) is 64.0 Å². The molecule has 1 aromatic heterocycles. The average Bonchev–Trinajstić information content (AvgIpc) is 2.65. The Labute approximate surface area is 116 Å². The Balaban J connectivity index is 2.66. The zero-order valence-corrected chi connectivity index (χ0v) is 13.3. The maximum atomic E-state index is 11.8. The molecule has 110 valence electrons. The molecule has 0 amide bonds. The lowest BCUT2D eigenvalue weighted by Gasteiger charge is -2.10. The van der Waals surface area contributed by atoms with Crippen LogP contribution < -0.4 is 5.32 Å². The monoisotopic (exact) mass is 287 g/mol. The quantitative estimate of drug-likeness (QED) is 0.825. The van der Waals surface area contributed by atoms with Crippen LogP contribution in [0.1, 0.15) is 39.0 Å². The summed E-state index contributed by atoms with van der Waals surface area (Å²) < 4.78 is 25.3. The molecule has 0 saturated heterocycles. The maximum absolute atomic E-state index is 11.8. The Morgan fingerprint density at radius 2 is 1.95 bits per heavy atom. The maximum Gasteiger partial charge on any atom is 0.154 e. The van der Waals surface area contributed by atoms with Gasteiger partial charge < -0.3 is 5.32 Å². The second-order valence-electron chi connectivity index (χ2n) is 5.43. The molecule has 1 heterocycles. The van der Waals surface area contributed by atoms with Crippen molar-refractivity contribution in [2.45, 2.75) is 59.0 Å². The zero-order valence-electron chi connectivity index (χ0n) is 12.5. The van der Waals surface area contributed by atoms with Crippen molar-refractivity contribution in [3.63, 3.8) is 0 Å². The SMILES string of the molecule is Cc1c(CNC(C)C)cnn1CCS(=O)(=O)C(C)C. The van der Waals surface area contributed by atoms with Gasteiger partial charge in [-0.25, -0.2) is 8.42 Å². The highest BCUT2D eigenvalue weighted by atomic mass is 32.2. The van der Waals surface area contributed by atoms with Gasteiger partial charge >= 0.3 is 0 Å². The summed E-state index contributed by atoms with van der Waals surface area (Å²) in [6, 6.07) is 0.420. The standard InChI is InChI=1S/C13H25N3O2S/c1-10(2)14-8-13-9-15-16(12(13)5)6-7-19(17,18)11(3)4/h9-11,14H,6-8H2,1-5H3.